The van der Waals surface area contributed by atoms with Crippen LogP contribution < -0.4 is 0 Å². The van der Waals surface area contributed by atoms with Crippen LogP contribution in [0.3, 0.4) is 0 Å². The SMILES string of the molecule is O=C(CBr)c1csc(C2CC2)n1. The van der Waals surface area contributed by atoms with Crippen LogP contribution in [0, 0.1) is 0 Å². The maximum absolute atomic E-state index is 11.2. The standard InChI is InChI=1S/C8H8BrNOS/c9-3-7(11)6-4-12-8(10-6)5-1-2-5/h4-5H,1-3H2. The van der Waals surface area contributed by atoms with E-state index in [4.69, 9.17) is 0 Å². The summed E-state index contributed by atoms with van der Waals surface area (Å²) >= 11 is 4.74. The quantitative estimate of drug-likeness (QED) is 0.606. The van der Waals surface area contributed by atoms with Crippen LogP contribution in [0.15, 0.2) is 5.38 Å². The number of halogens is 1. The molecule has 0 aliphatic heterocycles. The van der Waals surface area contributed by atoms with Crippen LogP contribution in [0.4, 0.5) is 0 Å². The smallest absolute Gasteiger partial charge is 0.192 e. The van der Waals surface area contributed by atoms with Gasteiger partial charge in [-0.1, -0.05) is 15.9 Å². The zero-order chi connectivity index (χ0) is 8.55. The number of carbonyl (C=O) groups excluding carboxylic acids is 1. The fourth-order valence-corrected chi connectivity index (χ4v) is 2.28. The second-order valence-electron chi connectivity index (χ2n) is 2.90. The van der Waals surface area contributed by atoms with Crippen molar-refractivity contribution in [3.05, 3.63) is 16.1 Å². The lowest BCUT2D eigenvalue weighted by atomic mass is 10.3. The third kappa shape index (κ3) is 1.59. The highest BCUT2D eigenvalue weighted by molar-refractivity contribution is 9.09. The molecule has 0 amide bonds. The van der Waals surface area contributed by atoms with Crippen molar-refractivity contribution >= 4 is 33.0 Å². The summed E-state index contributed by atoms with van der Waals surface area (Å²) in [4.78, 5) is 15.4. The van der Waals surface area contributed by atoms with Crippen LogP contribution in [0.5, 0.6) is 0 Å². The van der Waals surface area contributed by atoms with E-state index in [2.05, 4.69) is 20.9 Å². The Morgan fingerprint density at radius 3 is 3.08 bits per heavy atom. The number of nitrogens with zero attached hydrogens (tertiary/aromatic N) is 1. The largest absolute Gasteiger partial charge is 0.291 e. The monoisotopic (exact) mass is 245 g/mol. The highest BCUT2D eigenvalue weighted by Gasteiger charge is 2.27. The van der Waals surface area contributed by atoms with Gasteiger partial charge in [-0.3, -0.25) is 4.79 Å². The van der Waals surface area contributed by atoms with Gasteiger partial charge in [0.25, 0.3) is 0 Å². The molecule has 4 heteroatoms. The molecule has 1 heterocycles. The number of ketones is 1. The lowest BCUT2D eigenvalue weighted by molar-refractivity contribution is 0.101. The first-order valence-electron chi connectivity index (χ1n) is 3.86. The lowest BCUT2D eigenvalue weighted by Gasteiger charge is -1.87. The molecular weight excluding hydrogens is 238 g/mol. The second kappa shape index (κ2) is 3.26. The van der Waals surface area contributed by atoms with Gasteiger partial charge in [-0.05, 0) is 12.8 Å². The predicted molar refractivity (Wildman–Crippen MR) is 52.2 cm³/mol. The zero-order valence-corrected chi connectivity index (χ0v) is 8.82. The summed E-state index contributed by atoms with van der Waals surface area (Å²) in [7, 11) is 0. The Morgan fingerprint density at radius 1 is 1.75 bits per heavy atom. The van der Waals surface area contributed by atoms with Crippen LogP contribution in [0.25, 0.3) is 0 Å². The molecule has 1 aliphatic rings. The highest BCUT2D eigenvalue weighted by Crippen LogP contribution is 2.41. The number of hydrogen-bond donors (Lipinski definition) is 0. The minimum Gasteiger partial charge on any atom is -0.291 e. The van der Waals surface area contributed by atoms with Gasteiger partial charge in [0.2, 0.25) is 0 Å². The van der Waals surface area contributed by atoms with Crippen molar-refractivity contribution in [3.63, 3.8) is 0 Å². The van der Waals surface area contributed by atoms with E-state index in [0.29, 0.717) is 16.9 Å². The topological polar surface area (TPSA) is 30.0 Å². The zero-order valence-electron chi connectivity index (χ0n) is 6.42. The minimum atomic E-state index is 0.0816. The Kier molecular flexibility index (Phi) is 2.28. The van der Waals surface area contributed by atoms with Gasteiger partial charge >= 0.3 is 0 Å². The summed E-state index contributed by atoms with van der Waals surface area (Å²) in [5.74, 6) is 0.741. The maximum atomic E-state index is 11.2. The summed E-state index contributed by atoms with van der Waals surface area (Å²) in [5, 5.41) is 3.37. The first-order valence-corrected chi connectivity index (χ1v) is 5.86. The molecule has 0 aromatic carbocycles. The van der Waals surface area contributed by atoms with Crippen molar-refractivity contribution in [1.29, 1.82) is 0 Å². The molecule has 0 atom stereocenters. The van der Waals surface area contributed by atoms with E-state index in [0.717, 1.165) is 5.01 Å². The molecule has 1 saturated carbocycles. The molecule has 0 saturated heterocycles. The minimum absolute atomic E-state index is 0.0816. The molecule has 12 heavy (non-hydrogen) atoms. The van der Waals surface area contributed by atoms with E-state index in [1.54, 1.807) is 11.3 Å². The molecule has 0 bridgehead atoms. The van der Waals surface area contributed by atoms with Crippen LogP contribution in [-0.2, 0) is 0 Å². The molecule has 0 radical (unpaired) electrons. The summed E-state index contributed by atoms with van der Waals surface area (Å²) < 4.78 is 0. The van der Waals surface area contributed by atoms with Gasteiger partial charge in [-0.15, -0.1) is 11.3 Å². The van der Waals surface area contributed by atoms with Gasteiger partial charge in [0.1, 0.15) is 5.69 Å². The van der Waals surface area contributed by atoms with Crippen molar-refractivity contribution in [2.24, 2.45) is 0 Å². The Hall–Kier alpha value is -0.220. The van der Waals surface area contributed by atoms with Crippen LogP contribution in [-0.4, -0.2) is 16.1 Å². The summed E-state index contributed by atoms with van der Waals surface area (Å²) in [5.41, 5.74) is 0.624. The number of hydrogen-bond acceptors (Lipinski definition) is 3. The number of carbonyl (C=O) groups is 1. The molecule has 0 unspecified atom stereocenters. The average molecular weight is 246 g/mol. The third-order valence-corrected chi connectivity index (χ3v) is 3.37. The second-order valence-corrected chi connectivity index (χ2v) is 4.35. The van der Waals surface area contributed by atoms with Gasteiger partial charge in [0.05, 0.1) is 10.3 Å². The molecule has 0 N–H and O–H groups in total. The summed E-state index contributed by atoms with van der Waals surface area (Å²) in [6.07, 6.45) is 2.49. The van der Waals surface area contributed by atoms with E-state index in [9.17, 15) is 4.79 Å². The number of Topliss-reactive ketones (excluding diaryl/α,β-unsaturated/α-hetero) is 1. The highest BCUT2D eigenvalue weighted by atomic mass is 79.9. The Morgan fingerprint density at radius 2 is 2.50 bits per heavy atom. The van der Waals surface area contributed by atoms with Crippen LogP contribution in [0.1, 0.15) is 34.3 Å². The molecule has 1 aliphatic carbocycles. The lowest BCUT2D eigenvalue weighted by Crippen LogP contribution is -1.99. The van der Waals surface area contributed by atoms with Crippen LogP contribution >= 0.6 is 27.3 Å². The summed E-state index contributed by atoms with van der Waals surface area (Å²) in [6, 6.07) is 0. The Balaban J connectivity index is 2.17. The number of thiazole rings is 1. The van der Waals surface area contributed by atoms with Gasteiger partial charge in [-0.25, -0.2) is 4.98 Å². The fourth-order valence-electron chi connectivity index (χ4n) is 1.00. The van der Waals surface area contributed by atoms with E-state index in [1.807, 2.05) is 5.38 Å². The first-order chi connectivity index (χ1) is 5.81. The van der Waals surface area contributed by atoms with Crippen molar-refractivity contribution in [2.45, 2.75) is 18.8 Å². The van der Waals surface area contributed by atoms with Crippen molar-refractivity contribution in [2.75, 3.05) is 5.33 Å². The van der Waals surface area contributed by atoms with Gasteiger partial charge in [0, 0.05) is 11.3 Å². The van der Waals surface area contributed by atoms with Gasteiger partial charge in [0.15, 0.2) is 5.78 Å². The van der Waals surface area contributed by atoms with E-state index < -0.39 is 0 Å². The van der Waals surface area contributed by atoms with Gasteiger partial charge < -0.3 is 0 Å². The molecule has 2 nitrogen and oxygen atoms in total. The first kappa shape index (κ1) is 8.38. The Labute approximate surface area is 83.1 Å². The molecular formula is C8H8BrNOS. The molecule has 0 spiro atoms. The van der Waals surface area contributed by atoms with E-state index in [-0.39, 0.29) is 5.78 Å². The molecule has 1 aromatic heterocycles. The third-order valence-electron chi connectivity index (χ3n) is 1.86. The Bertz CT molecular complexity index is 306. The van der Waals surface area contributed by atoms with Crippen molar-refractivity contribution < 1.29 is 4.79 Å². The predicted octanol–water partition coefficient (Wildman–Crippen LogP) is 2.60. The molecule has 64 valence electrons. The normalized spacial score (nSPS) is 16.4. The van der Waals surface area contributed by atoms with Crippen molar-refractivity contribution in [1.82, 2.24) is 4.98 Å². The summed E-state index contributed by atoms with van der Waals surface area (Å²) in [6.45, 7) is 0. The molecule has 1 aromatic rings. The fraction of sp³-hybridized carbons (Fsp3) is 0.500. The number of alkyl halides is 1. The van der Waals surface area contributed by atoms with E-state index in [1.165, 1.54) is 12.8 Å². The maximum Gasteiger partial charge on any atom is 0.192 e. The van der Waals surface area contributed by atoms with Crippen molar-refractivity contribution in [3.8, 4) is 0 Å². The number of rotatable bonds is 3. The van der Waals surface area contributed by atoms with E-state index >= 15 is 0 Å². The number of aromatic nitrogens is 1. The van der Waals surface area contributed by atoms with Gasteiger partial charge in [-0.2, -0.15) is 0 Å². The average Bonchev–Trinajstić information content (AvgIpc) is 2.83. The molecule has 1 fully saturated rings. The molecule has 2 rings (SSSR count). The van der Waals surface area contributed by atoms with Crippen LogP contribution in [0.2, 0.25) is 0 Å².